The molecule has 12 heteroatoms. The quantitative estimate of drug-likeness (QED) is 0.763. The molecule has 2 rings (SSSR count). The zero-order chi connectivity index (χ0) is 18.6. The van der Waals surface area contributed by atoms with Gasteiger partial charge < -0.3 is 10.1 Å². The third-order valence-electron chi connectivity index (χ3n) is 2.92. The van der Waals surface area contributed by atoms with Crippen LogP contribution < -0.4 is 5.32 Å². The lowest BCUT2D eigenvalue weighted by molar-refractivity contribution is -0.182. The molecule has 0 aliphatic rings. The molecule has 1 amide bonds. The number of nitrogens with zero attached hydrogens (tertiary/aromatic N) is 4. The molecule has 0 unspecified atom stereocenters. The van der Waals surface area contributed by atoms with Crippen LogP contribution in [0.15, 0.2) is 18.5 Å². The van der Waals surface area contributed by atoms with Crippen molar-refractivity contribution in [2.45, 2.75) is 32.8 Å². The van der Waals surface area contributed by atoms with Crippen molar-refractivity contribution in [2.24, 2.45) is 0 Å². The Morgan fingerprint density at radius 1 is 1.40 bits per heavy atom. The highest BCUT2D eigenvalue weighted by Gasteiger charge is 2.27. The summed E-state index contributed by atoms with van der Waals surface area (Å²) < 4.78 is 67.6. The molecular weight excluding hydrogens is 353 g/mol. The number of carbonyl (C=O) groups is 1. The summed E-state index contributed by atoms with van der Waals surface area (Å²) in [6.07, 6.45) is -4.69. The van der Waals surface area contributed by atoms with Gasteiger partial charge in [0.1, 0.15) is 25.6 Å². The number of rotatable bonds is 7. The van der Waals surface area contributed by atoms with Crippen molar-refractivity contribution < 1.29 is 31.5 Å². The number of nitrogens with one attached hydrogen (secondary N) is 1. The van der Waals surface area contributed by atoms with Gasteiger partial charge in [-0.3, -0.25) is 9.48 Å². The predicted octanol–water partition coefficient (Wildman–Crippen LogP) is 2.50. The highest BCUT2D eigenvalue weighted by atomic mass is 19.4. The Kier molecular flexibility index (Phi) is 5.72. The van der Waals surface area contributed by atoms with Crippen LogP contribution in [-0.2, 0) is 22.8 Å². The van der Waals surface area contributed by atoms with E-state index >= 15 is 0 Å². The van der Waals surface area contributed by atoms with Gasteiger partial charge in [-0.15, -0.1) is 0 Å². The molecule has 0 aliphatic heterocycles. The van der Waals surface area contributed by atoms with Gasteiger partial charge in [0, 0.05) is 5.69 Å². The van der Waals surface area contributed by atoms with Gasteiger partial charge in [0.2, 0.25) is 5.91 Å². The molecule has 0 aromatic carbocycles. The van der Waals surface area contributed by atoms with Crippen LogP contribution in [0.3, 0.4) is 0 Å². The molecule has 0 bridgehead atoms. The van der Waals surface area contributed by atoms with Crippen molar-refractivity contribution >= 4 is 11.6 Å². The Labute approximate surface area is 138 Å². The van der Waals surface area contributed by atoms with Gasteiger partial charge in [-0.05, 0) is 13.0 Å². The third kappa shape index (κ3) is 5.81. The predicted molar refractivity (Wildman–Crippen MR) is 74.8 cm³/mol. The largest absolute Gasteiger partial charge is 0.411 e. The number of amides is 1. The fraction of sp³-hybridized carbons (Fsp3) is 0.462. The maximum Gasteiger partial charge on any atom is 0.411 e. The van der Waals surface area contributed by atoms with Gasteiger partial charge in [-0.2, -0.15) is 23.4 Å². The number of halogens is 5. The van der Waals surface area contributed by atoms with E-state index in [-0.39, 0.29) is 12.2 Å². The second kappa shape index (κ2) is 7.59. The van der Waals surface area contributed by atoms with Gasteiger partial charge in [0.25, 0.3) is 6.43 Å². The monoisotopic (exact) mass is 367 g/mol. The summed E-state index contributed by atoms with van der Waals surface area (Å²) in [5, 5.41) is 9.78. The smallest absolute Gasteiger partial charge is 0.350 e. The van der Waals surface area contributed by atoms with Crippen molar-refractivity contribution in [2.75, 3.05) is 11.9 Å². The molecule has 0 aliphatic carbocycles. The Balaban J connectivity index is 1.87. The second-order valence-electron chi connectivity index (χ2n) is 5.08. The summed E-state index contributed by atoms with van der Waals surface area (Å²) in [5.41, 5.74) is 0.182. The van der Waals surface area contributed by atoms with Crippen LogP contribution in [0.5, 0.6) is 0 Å². The molecule has 7 nitrogen and oxygen atoms in total. The summed E-state index contributed by atoms with van der Waals surface area (Å²) >= 11 is 0. The first kappa shape index (κ1) is 18.8. The number of aromatic nitrogens is 4. The Hall–Kier alpha value is -2.50. The van der Waals surface area contributed by atoms with E-state index < -0.39 is 37.5 Å². The number of carbonyl (C=O) groups excluding carboxylic acids is 1. The number of alkyl halides is 5. The molecule has 0 fully saturated rings. The lowest BCUT2D eigenvalue weighted by Gasteiger charge is -2.07. The van der Waals surface area contributed by atoms with E-state index in [1.165, 1.54) is 25.4 Å². The van der Waals surface area contributed by atoms with E-state index in [1.54, 1.807) is 0 Å². The molecule has 0 radical (unpaired) electrons. The minimum Gasteiger partial charge on any atom is -0.350 e. The number of aryl methyl sites for hydroxylation is 1. The summed E-state index contributed by atoms with van der Waals surface area (Å²) in [6, 6.07) is 1.17. The Bertz CT molecular complexity index is 725. The zero-order valence-corrected chi connectivity index (χ0v) is 12.9. The molecule has 25 heavy (non-hydrogen) atoms. The van der Waals surface area contributed by atoms with Crippen LogP contribution in [0, 0.1) is 6.92 Å². The topological polar surface area (TPSA) is 74.0 Å². The minimum absolute atomic E-state index is 0.222. The number of ether oxygens (including phenoxy) is 1. The molecule has 1 N–H and O–H groups in total. The molecular formula is C13H14F5N5O2. The summed E-state index contributed by atoms with van der Waals surface area (Å²) in [6.45, 7) is -0.624. The van der Waals surface area contributed by atoms with Crippen molar-refractivity contribution in [3.05, 3.63) is 29.8 Å². The van der Waals surface area contributed by atoms with E-state index in [2.05, 4.69) is 20.3 Å². The summed E-state index contributed by atoms with van der Waals surface area (Å²) in [7, 11) is 0. The van der Waals surface area contributed by atoms with Crippen molar-refractivity contribution in [1.82, 2.24) is 19.6 Å². The average molecular weight is 367 g/mol. The molecule has 0 atom stereocenters. The Morgan fingerprint density at radius 2 is 2.12 bits per heavy atom. The summed E-state index contributed by atoms with van der Waals surface area (Å²) in [4.78, 5) is 11.9. The van der Waals surface area contributed by atoms with Crippen LogP contribution in [0.25, 0.3) is 0 Å². The molecule has 2 aromatic heterocycles. The maximum absolute atomic E-state index is 12.6. The van der Waals surface area contributed by atoms with E-state index in [9.17, 15) is 26.7 Å². The van der Waals surface area contributed by atoms with E-state index in [1.807, 2.05) is 0 Å². The van der Waals surface area contributed by atoms with Crippen molar-refractivity contribution in [3.8, 4) is 0 Å². The van der Waals surface area contributed by atoms with Gasteiger partial charge >= 0.3 is 6.18 Å². The fourth-order valence-corrected chi connectivity index (χ4v) is 1.89. The molecule has 138 valence electrons. The van der Waals surface area contributed by atoms with E-state index in [0.29, 0.717) is 5.69 Å². The first-order chi connectivity index (χ1) is 11.6. The molecule has 0 saturated heterocycles. The van der Waals surface area contributed by atoms with Crippen LogP contribution >= 0.6 is 0 Å². The standard InChI is InChI=1S/C13H14F5N5O2/c1-8-2-10(12(14)15)21-23(8)5-11(24)20-9-3-19-22(4-9)7-25-6-13(16,17)18/h2-4,12H,5-7H2,1H3,(H,20,24). The van der Waals surface area contributed by atoms with E-state index in [0.717, 1.165) is 9.36 Å². The van der Waals surface area contributed by atoms with Crippen molar-refractivity contribution in [1.29, 1.82) is 0 Å². The number of anilines is 1. The van der Waals surface area contributed by atoms with Gasteiger partial charge in [0.05, 0.1) is 18.1 Å². The highest BCUT2D eigenvalue weighted by molar-refractivity contribution is 5.90. The Morgan fingerprint density at radius 3 is 2.72 bits per heavy atom. The highest BCUT2D eigenvalue weighted by Crippen LogP contribution is 2.18. The average Bonchev–Trinajstić information content (AvgIpc) is 3.05. The van der Waals surface area contributed by atoms with Crippen molar-refractivity contribution in [3.63, 3.8) is 0 Å². The fourth-order valence-electron chi connectivity index (χ4n) is 1.89. The zero-order valence-electron chi connectivity index (χ0n) is 12.9. The SMILES string of the molecule is Cc1cc(C(F)F)nn1CC(=O)Nc1cnn(COCC(F)(F)F)c1. The van der Waals surface area contributed by atoms with E-state index in [4.69, 9.17) is 0 Å². The van der Waals surface area contributed by atoms with Gasteiger partial charge in [-0.1, -0.05) is 0 Å². The van der Waals surface area contributed by atoms with Crippen LogP contribution in [0.2, 0.25) is 0 Å². The number of hydrogen-bond acceptors (Lipinski definition) is 4. The normalized spacial score (nSPS) is 12.0. The van der Waals surface area contributed by atoms with Gasteiger partial charge in [0.15, 0.2) is 0 Å². The van der Waals surface area contributed by atoms with Gasteiger partial charge in [-0.25, -0.2) is 13.5 Å². The molecule has 0 spiro atoms. The first-order valence-electron chi connectivity index (χ1n) is 6.93. The molecule has 0 saturated carbocycles. The lowest BCUT2D eigenvalue weighted by atomic mass is 10.4. The first-order valence-corrected chi connectivity index (χ1v) is 6.93. The third-order valence-corrected chi connectivity index (χ3v) is 2.92. The van der Waals surface area contributed by atoms with Crippen LogP contribution in [0.4, 0.5) is 27.6 Å². The van der Waals surface area contributed by atoms with Crippen LogP contribution in [-0.4, -0.2) is 38.3 Å². The molecule has 2 heterocycles. The second-order valence-corrected chi connectivity index (χ2v) is 5.08. The van der Waals surface area contributed by atoms with Crippen LogP contribution in [0.1, 0.15) is 17.8 Å². The maximum atomic E-state index is 12.6. The number of hydrogen-bond donors (Lipinski definition) is 1. The minimum atomic E-state index is -4.44. The summed E-state index contributed by atoms with van der Waals surface area (Å²) in [5.74, 6) is -0.553. The lowest BCUT2D eigenvalue weighted by Crippen LogP contribution is -2.20. The molecule has 2 aromatic rings.